The van der Waals surface area contributed by atoms with Gasteiger partial charge in [-0.1, -0.05) is 0 Å². The van der Waals surface area contributed by atoms with Gasteiger partial charge in [0, 0.05) is 19.6 Å². The lowest BCUT2D eigenvalue weighted by Crippen LogP contribution is -2.54. The van der Waals surface area contributed by atoms with Crippen LogP contribution in [0.15, 0.2) is 12.1 Å². The summed E-state index contributed by atoms with van der Waals surface area (Å²) < 4.78 is 33.9. The topological polar surface area (TPSA) is 58.7 Å². The van der Waals surface area contributed by atoms with E-state index in [1.54, 1.807) is 4.90 Å². The molecule has 6 heteroatoms. The van der Waals surface area contributed by atoms with Crippen molar-refractivity contribution in [3.8, 4) is 0 Å². The van der Waals surface area contributed by atoms with Gasteiger partial charge in [-0.05, 0) is 31.5 Å². The molecule has 0 aliphatic carbocycles. The third-order valence-electron chi connectivity index (χ3n) is 3.31. The van der Waals surface area contributed by atoms with E-state index in [4.69, 9.17) is 10.5 Å². The van der Waals surface area contributed by atoms with Gasteiger partial charge in [0.15, 0.2) is 0 Å². The molecule has 4 nitrogen and oxygen atoms in total. The molecule has 1 aliphatic heterocycles. The highest BCUT2D eigenvalue weighted by Gasteiger charge is 2.35. The number of ether oxygens (including phenoxy) is 1. The van der Waals surface area contributed by atoms with Crippen LogP contribution in [0, 0.1) is 11.6 Å². The van der Waals surface area contributed by atoms with Gasteiger partial charge in [0.1, 0.15) is 17.3 Å². The van der Waals surface area contributed by atoms with Crippen molar-refractivity contribution in [3.63, 3.8) is 0 Å². The van der Waals surface area contributed by atoms with Crippen molar-refractivity contribution in [1.82, 2.24) is 0 Å². The Balaban J connectivity index is 2.35. The standard InChI is InChI=1S/C14H20F2N2O2/c1-14(2)8-18(6-10(7-19)20-14)13-11(15)3-9(5-17)4-12(13)16/h3-4,10,19H,5-8,17H2,1-2H3. The average molecular weight is 286 g/mol. The van der Waals surface area contributed by atoms with E-state index in [2.05, 4.69) is 0 Å². The fourth-order valence-corrected chi connectivity index (χ4v) is 2.60. The van der Waals surface area contributed by atoms with E-state index >= 15 is 0 Å². The van der Waals surface area contributed by atoms with E-state index < -0.39 is 23.3 Å². The first-order valence-electron chi connectivity index (χ1n) is 6.58. The molecule has 0 spiro atoms. The number of benzene rings is 1. The molecule has 0 bridgehead atoms. The summed E-state index contributed by atoms with van der Waals surface area (Å²) in [5, 5.41) is 9.25. The van der Waals surface area contributed by atoms with Gasteiger partial charge in [-0.3, -0.25) is 0 Å². The number of halogens is 2. The van der Waals surface area contributed by atoms with Crippen molar-refractivity contribution in [1.29, 1.82) is 0 Å². The number of nitrogens with zero attached hydrogens (tertiary/aromatic N) is 1. The smallest absolute Gasteiger partial charge is 0.149 e. The van der Waals surface area contributed by atoms with E-state index in [1.165, 1.54) is 12.1 Å². The summed E-state index contributed by atoms with van der Waals surface area (Å²) >= 11 is 0. The second kappa shape index (κ2) is 5.63. The molecule has 2 rings (SSSR count). The zero-order valence-corrected chi connectivity index (χ0v) is 11.7. The Labute approximate surface area is 117 Å². The molecule has 0 saturated carbocycles. The summed E-state index contributed by atoms with van der Waals surface area (Å²) in [7, 11) is 0. The van der Waals surface area contributed by atoms with Crippen LogP contribution in [-0.2, 0) is 11.3 Å². The highest BCUT2D eigenvalue weighted by molar-refractivity contribution is 5.51. The van der Waals surface area contributed by atoms with Crippen molar-refractivity contribution in [3.05, 3.63) is 29.3 Å². The Morgan fingerprint density at radius 3 is 2.50 bits per heavy atom. The van der Waals surface area contributed by atoms with Crippen molar-refractivity contribution in [2.75, 3.05) is 24.6 Å². The van der Waals surface area contributed by atoms with Crippen molar-refractivity contribution in [2.24, 2.45) is 5.73 Å². The number of morpholine rings is 1. The molecule has 112 valence electrons. The van der Waals surface area contributed by atoms with E-state index in [1.807, 2.05) is 13.8 Å². The maximum atomic E-state index is 14.1. The van der Waals surface area contributed by atoms with Crippen LogP contribution in [-0.4, -0.2) is 36.5 Å². The summed E-state index contributed by atoms with van der Waals surface area (Å²) in [6, 6.07) is 2.49. The number of aliphatic hydroxyl groups excluding tert-OH is 1. The minimum atomic E-state index is -0.639. The fourth-order valence-electron chi connectivity index (χ4n) is 2.60. The Morgan fingerprint density at radius 2 is 2.00 bits per heavy atom. The average Bonchev–Trinajstić information content (AvgIpc) is 2.35. The second-order valence-corrected chi connectivity index (χ2v) is 5.67. The number of hydrogen-bond acceptors (Lipinski definition) is 4. The maximum Gasteiger partial charge on any atom is 0.149 e. The van der Waals surface area contributed by atoms with Crippen LogP contribution >= 0.6 is 0 Å². The van der Waals surface area contributed by atoms with E-state index in [9.17, 15) is 13.9 Å². The Hall–Kier alpha value is -1.24. The van der Waals surface area contributed by atoms with Crippen LogP contribution in [0.1, 0.15) is 19.4 Å². The molecule has 0 aromatic heterocycles. The SMILES string of the molecule is CC1(C)CN(c2c(F)cc(CN)cc2F)CC(CO)O1. The minimum Gasteiger partial charge on any atom is -0.394 e. The first kappa shape index (κ1) is 15.2. The van der Waals surface area contributed by atoms with Gasteiger partial charge < -0.3 is 20.5 Å². The minimum absolute atomic E-state index is 0.0853. The molecule has 0 radical (unpaired) electrons. The van der Waals surface area contributed by atoms with Gasteiger partial charge in [0.05, 0.1) is 18.3 Å². The molecule has 1 saturated heterocycles. The van der Waals surface area contributed by atoms with Gasteiger partial charge in [0.25, 0.3) is 0 Å². The van der Waals surface area contributed by atoms with Crippen LogP contribution in [0.5, 0.6) is 0 Å². The third kappa shape index (κ3) is 3.08. The van der Waals surface area contributed by atoms with Crippen LogP contribution in [0.4, 0.5) is 14.5 Å². The predicted molar refractivity (Wildman–Crippen MR) is 72.5 cm³/mol. The molecule has 1 aromatic carbocycles. The predicted octanol–water partition coefficient (Wildman–Crippen LogP) is 1.40. The lowest BCUT2D eigenvalue weighted by molar-refractivity contribution is -0.101. The first-order valence-corrected chi connectivity index (χ1v) is 6.58. The Kier molecular flexibility index (Phi) is 4.27. The summed E-state index contributed by atoms with van der Waals surface area (Å²) in [6.45, 7) is 4.14. The Bertz CT molecular complexity index is 471. The highest BCUT2D eigenvalue weighted by Crippen LogP contribution is 2.30. The maximum absolute atomic E-state index is 14.1. The van der Waals surface area contributed by atoms with Crippen LogP contribution < -0.4 is 10.6 Å². The van der Waals surface area contributed by atoms with Crippen LogP contribution in [0.2, 0.25) is 0 Å². The van der Waals surface area contributed by atoms with E-state index in [-0.39, 0.29) is 25.4 Å². The number of anilines is 1. The van der Waals surface area contributed by atoms with Crippen LogP contribution in [0.25, 0.3) is 0 Å². The molecule has 20 heavy (non-hydrogen) atoms. The molecule has 1 atom stereocenters. The zero-order chi connectivity index (χ0) is 14.9. The van der Waals surface area contributed by atoms with Gasteiger partial charge >= 0.3 is 0 Å². The second-order valence-electron chi connectivity index (χ2n) is 5.67. The largest absolute Gasteiger partial charge is 0.394 e. The monoisotopic (exact) mass is 286 g/mol. The number of rotatable bonds is 3. The summed E-state index contributed by atoms with van der Waals surface area (Å²) in [6.07, 6.45) is -0.466. The molecule has 0 amide bonds. The molecule has 3 N–H and O–H groups in total. The molecule has 1 aliphatic rings. The van der Waals surface area contributed by atoms with E-state index in [0.29, 0.717) is 12.1 Å². The summed E-state index contributed by atoms with van der Waals surface area (Å²) in [4.78, 5) is 1.58. The van der Waals surface area contributed by atoms with Crippen LogP contribution in [0.3, 0.4) is 0 Å². The molecule has 1 aromatic rings. The molecule has 1 unspecified atom stereocenters. The third-order valence-corrected chi connectivity index (χ3v) is 3.31. The first-order chi connectivity index (χ1) is 9.36. The molecular weight excluding hydrogens is 266 g/mol. The molecule has 1 heterocycles. The number of aliphatic hydroxyl groups is 1. The lowest BCUT2D eigenvalue weighted by atomic mass is 10.0. The fraction of sp³-hybridized carbons (Fsp3) is 0.571. The van der Waals surface area contributed by atoms with Crippen molar-refractivity contribution < 1.29 is 18.6 Å². The normalized spacial score (nSPS) is 22.1. The Morgan fingerprint density at radius 1 is 1.40 bits per heavy atom. The summed E-state index contributed by atoms with van der Waals surface area (Å²) in [5.74, 6) is -1.28. The van der Waals surface area contributed by atoms with Crippen molar-refractivity contribution in [2.45, 2.75) is 32.1 Å². The van der Waals surface area contributed by atoms with Gasteiger partial charge in [-0.15, -0.1) is 0 Å². The van der Waals surface area contributed by atoms with Gasteiger partial charge in [-0.2, -0.15) is 0 Å². The van der Waals surface area contributed by atoms with E-state index in [0.717, 1.165) is 0 Å². The summed E-state index contributed by atoms with van der Waals surface area (Å²) in [5.41, 5.74) is 5.14. The molecule has 1 fully saturated rings. The quantitative estimate of drug-likeness (QED) is 0.882. The zero-order valence-electron chi connectivity index (χ0n) is 11.7. The number of hydrogen-bond donors (Lipinski definition) is 2. The van der Waals surface area contributed by atoms with Crippen molar-refractivity contribution >= 4 is 5.69 Å². The molecular formula is C14H20F2N2O2. The highest BCUT2D eigenvalue weighted by atomic mass is 19.1. The van der Waals surface area contributed by atoms with Gasteiger partial charge in [0.2, 0.25) is 0 Å². The van der Waals surface area contributed by atoms with Gasteiger partial charge in [-0.25, -0.2) is 8.78 Å². The lowest BCUT2D eigenvalue weighted by Gasteiger charge is -2.43. The number of nitrogens with two attached hydrogens (primary N) is 1.